The van der Waals surface area contributed by atoms with E-state index in [4.69, 9.17) is 0 Å². The lowest BCUT2D eigenvalue weighted by atomic mass is 10.1. The highest BCUT2D eigenvalue weighted by atomic mass is 32.2. The fourth-order valence-corrected chi connectivity index (χ4v) is 5.60. The number of H-pyrrole nitrogens is 1. The van der Waals surface area contributed by atoms with Crippen LogP contribution in [-0.4, -0.2) is 53.7 Å². The van der Waals surface area contributed by atoms with Gasteiger partial charge in [-0.15, -0.1) is 0 Å². The molecule has 39 heavy (non-hydrogen) atoms. The van der Waals surface area contributed by atoms with Crippen LogP contribution >= 0.6 is 11.8 Å². The molecule has 8 nitrogen and oxygen atoms in total. The van der Waals surface area contributed by atoms with Crippen molar-refractivity contribution in [2.75, 3.05) is 24.6 Å². The Morgan fingerprint density at radius 2 is 1.62 bits per heavy atom. The molecule has 5 rings (SSSR count). The maximum Gasteiger partial charge on any atom is 0.329 e. The van der Waals surface area contributed by atoms with E-state index in [0.717, 1.165) is 42.0 Å². The van der Waals surface area contributed by atoms with Gasteiger partial charge in [0.05, 0.1) is 18.6 Å². The number of nitrogens with one attached hydrogen (secondary N) is 1. The molecule has 0 amide bonds. The fourth-order valence-electron chi connectivity index (χ4n) is 4.62. The van der Waals surface area contributed by atoms with Crippen molar-refractivity contribution in [2.24, 2.45) is 0 Å². The number of nitrogens with zero attached hydrogens (tertiary/aromatic N) is 4. The number of rotatable bonds is 6. The van der Waals surface area contributed by atoms with Gasteiger partial charge in [-0.05, 0) is 49.2 Å². The zero-order valence-corrected chi connectivity index (χ0v) is 22.9. The standard InChI is InChI=1S/C30H31N5O3S/c1-21(2)35-27(19-34(30(35)38)18-26-28(36)29(37)32-20-31-26)25-11-9-23(10-12-25)4-3-22-5-7-24(8-6-22)17-33-13-15-39-16-14-33/h5-12,19-21,36H,13-18H2,1-2H3,(H,31,32,37). The van der Waals surface area contributed by atoms with Gasteiger partial charge >= 0.3 is 5.69 Å². The van der Waals surface area contributed by atoms with E-state index >= 15 is 0 Å². The van der Waals surface area contributed by atoms with Crippen LogP contribution in [0.2, 0.25) is 0 Å². The number of hydrogen-bond acceptors (Lipinski definition) is 6. The zero-order chi connectivity index (χ0) is 27.4. The Balaban J connectivity index is 1.33. The SMILES string of the molecule is CC(C)n1c(-c2ccc(C#Cc3ccc(CN4CCSCC4)cc3)cc2)cn(Cc2nc[nH]c(=O)c2O)c1=O. The van der Waals surface area contributed by atoms with Crippen molar-refractivity contribution in [2.45, 2.75) is 33.0 Å². The smallest absolute Gasteiger partial charge is 0.329 e. The highest BCUT2D eigenvalue weighted by Crippen LogP contribution is 2.23. The van der Waals surface area contributed by atoms with E-state index in [2.05, 4.69) is 51.0 Å². The van der Waals surface area contributed by atoms with Gasteiger partial charge in [0.1, 0.15) is 5.69 Å². The largest absolute Gasteiger partial charge is 0.502 e. The van der Waals surface area contributed by atoms with Crippen LogP contribution in [0.25, 0.3) is 11.3 Å². The van der Waals surface area contributed by atoms with Gasteiger partial charge < -0.3 is 10.1 Å². The van der Waals surface area contributed by atoms with Gasteiger partial charge in [-0.2, -0.15) is 11.8 Å². The molecule has 1 aliphatic rings. The predicted molar refractivity (Wildman–Crippen MR) is 155 cm³/mol. The molecular formula is C30H31N5O3S. The molecule has 3 heterocycles. The third-order valence-electron chi connectivity index (χ3n) is 6.73. The van der Waals surface area contributed by atoms with E-state index in [1.165, 1.54) is 28.0 Å². The Labute approximate surface area is 231 Å². The first-order valence-corrected chi connectivity index (χ1v) is 14.1. The summed E-state index contributed by atoms with van der Waals surface area (Å²) in [6, 6.07) is 16.2. The van der Waals surface area contributed by atoms with Crippen molar-refractivity contribution in [3.8, 4) is 28.8 Å². The second-order valence-electron chi connectivity index (χ2n) is 9.83. The van der Waals surface area contributed by atoms with Gasteiger partial charge in [0.15, 0.2) is 0 Å². The van der Waals surface area contributed by atoms with Crippen molar-refractivity contribution in [1.82, 2.24) is 24.0 Å². The highest BCUT2D eigenvalue weighted by Gasteiger charge is 2.17. The first kappa shape index (κ1) is 26.6. The van der Waals surface area contributed by atoms with E-state index in [-0.39, 0.29) is 24.0 Å². The molecule has 0 radical (unpaired) electrons. The molecule has 0 saturated carbocycles. The number of benzene rings is 2. The minimum absolute atomic E-state index is 0.0131. The Hall–Kier alpha value is -4.00. The minimum Gasteiger partial charge on any atom is -0.502 e. The summed E-state index contributed by atoms with van der Waals surface area (Å²) in [4.78, 5) is 33.7. The topological polar surface area (TPSA) is 96.2 Å². The Bertz CT molecular complexity index is 1620. The van der Waals surface area contributed by atoms with Gasteiger partial charge in [-0.25, -0.2) is 9.78 Å². The van der Waals surface area contributed by atoms with Crippen LogP contribution in [0, 0.1) is 11.8 Å². The average Bonchev–Trinajstić information content (AvgIpc) is 3.27. The molecule has 0 aliphatic carbocycles. The molecule has 2 aromatic carbocycles. The second kappa shape index (κ2) is 11.8. The van der Waals surface area contributed by atoms with E-state index in [0.29, 0.717) is 0 Å². The van der Waals surface area contributed by atoms with Crippen LogP contribution in [0.1, 0.15) is 42.3 Å². The van der Waals surface area contributed by atoms with Gasteiger partial charge in [0.2, 0.25) is 5.75 Å². The van der Waals surface area contributed by atoms with Crippen LogP contribution in [0.5, 0.6) is 5.75 Å². The van der Waals surface area contributed by atoms with E-state index in [1.807, 2.05) is 49.9 Å². The van der Waals surface area contributed by atoms with Crippen molar-refractivity contribution < 1.29 is 5.11 Å². The molecule has 0 unspecified atom stereocenters. The molecule has 200 valence electrons. The summed E-state index contributed by atoms with van der Waals surface area (Å²) >= 11 is 2.02. The summed E-state index contributed by atoms with van der Waals surface area (Å²) in [5.41, 5.74) is 4.02. The summed E-state index contributed by atoms with van der Waals surface area (Å²) in [6.45, 7) is 7.15. The summed E-state index contributed by atoms with van der Waals surface area (Å²) in [7, 11) is 0. The second-order valence-corrected chi connectivity index (χ2v) is 11.1. The quantitative estimate of drug-likeness (QED) is 0.362. The summed E-state index contributed by atoms with van der Waals surface area (Å²) < 4.78 is 3.15. The molecule has 0 spiro atoms. The van der Waals surface area contributed by atoms with Crippen molar-refractivity contribution in [3.63, 3.8) is 0 Å². The zero-order valence-electron chi connectivity index (χ0n) is 22.1. The van der Waals surface area contributed by atoms with Crippen LogP contribution < -0.4 is 11.2 Å². The highest BCUT2D eigenvalue weighted by molar-refractivity contribution is 7.99. The molecule has 1 saturated heterocycles. The molecule has 2 aromatic heterocycles. The Morgan fingerprint density at radius 3 is 2.26 bits per heavy atom. The summed E-state index contributed by atoms with van der Waals surface area (Å²) in [6.07, 6.45) is 2.95. The van der Waals surface area contributed by atoms with E-state index in [9.17, 15) is 14.7 Å². The average molecular weight is 542 g/mol. The summed E-state index contributed by atoms with van der Waals surface area (Å²) in [5, 5.41) is 10.1. The number of imidazole rings is 1. The third kappa shape index (κ3) is 6.19. The number of thioether (sulfide) groups is 1. The maximum atomic E-state index is 13.2. The number of aromatic nitrogens is 4. The maximum absolute atomic E-state index is 13.2. The first-order chi connectivity index (χ1) is 18.9. The molecule has 1 aliphatic heterocycles. The molecule has 1 fully saturated rings. The molecular weight excluding hydrogens is 510 g/mol. The van der Waals surface area contributed by atoms with Gasteiger partial charge in [-0.3, -0.25) is 18.8 Å². The van der Waals surface area contributed by atoms with Gasteiger partial charge in [-0.1, -0.05) is 36.1 Å². The summed E-state index contributed by atoms with van der Waals surface area (Å²) in [5.74, 6) is 8.41. The Morgan fingerprint density at radius 1 is 0.974 bits per heavy atom. The predicted octanol–water partition coefficient (Wildman–Crippen LogP) is 3.68. The Kier molecular flexibility index (Phi) is 8.05. The number of aromatic amines is 1. The number of aromatic hydroxyl groups is 1. The first-order valence-electron chi connectivity index (χ1n) is 13.0. The number of hydrogen-bond donors (Lipinski definition) is 2. The molecule has 0 atom stereocenters. The van der Waals surface area contributed by atoms with Crippen molar-refractivity contribution in [3.05, 3.63) is 104 Å². The van der Waals surface area contributed by atoms with Crippen molar-refractivity contribution >= 4 is 11.8 Å². The molecule has 9 heteroatoms. The lowest BCUT2D eigenvalue weighted by Crippen LogP contribution is -2.31. The molecule has 4 aromatic rings. The van der Waals surface area contributed by atoms with Gasteiger partial charge in [0, 0.05) is 54.5 Å². The fraction of sp³-hybridized carbons (Fsp3) is 0.300. The monoisotopic (exact) mass is 541 g/mol. The van der Waals surface area contributed by atoms with Crippen LogP contribution in [-0.2, 0) is 13.1 Å². The van der Waals surface area contributed by atoms with Gasteiger partial charge in [0.25, 0.3) is 5.56 Å². The van der Waals surface area contributed by atoms with Crippen LogP contribution in [0.15, 0.2) is 70.6 Å². The van der Waals surface area contributed by atoms with E-state index < -0.39 is 11.3 Å². The van der Waals surface area contributed by atoms with Crippen LogP contribution in [0.4, 0.5) is 0 Å². The van der Waals surface area contributed by atoms with E-state index in [1.54, 1.807) is 10.8 Å². The lowest BCUT2D eigenvalue weighted by Gasteiger charge is -2.26. The lowest BCUT2D eigenvalue weighted by molar-refractivity contribution is 0.294. The van der Waals surface area contributed by atoms with Crippen molar-refractivity contribution in [1.29, 1.82) is 0 Å². The normalized spacial score (nSPS) is 13.8. The third-order valence-corrected chi connectivity index (χ3v) is 7.67. The molecule has 0 bridgehead atoms. The minimum atomic E-state index is -0.638. The van der Waals surface area contributed by atoms with Crippen LogP contribution in [0.3, 0.4) is 0 Å². The molecule has 2 N–H and O–H groups in total.